The Kier molecular flexibility index (Phi) is 6.50. The van der Waals surface area contributed by atoms with Crippen LogP contribution in [0.1, 0.15) is 59.3 Å². The number of aromatic nitrogens is 3. The van der Waals surface area contributed by atoms with Crippen molar-refractivity contribution in [2.45, 2.75) is 51.6 Å². The Bertz CT molecular complexity index is 1570. The summed E-state index contributed by atoms with van der Waals surface area (Å²) >= 11 is 6.03. The quantitative estimate of drug-likeness (QED) is 0.264. The number of ether oxygens (including phenoxy) is 1. The summed E-state index contributed by atoms with van der Waals surface area (Å²) in [4.78, 5) is 35.3. The largest absolute Gasteiger partial charge is 0.464 e. The van der Waals surface area contributed by atoms with Gasteiger partial charge in [0.05, 0.1) is 29.7 Å². The van der Waals surface area contributed by atoms with Gasteiger partial charge < -0.3 is 10.1 Å². The van der Waals surface area contributed by atoms with Crippen LogP contribution in [0.3, 0.4) is 0 Å². The van der Waals surface area contributed by atoms with Crippen LogP contribution in [0.25, 0.3) is 10.9 Å². The summed E-state index contributed by atoms with van der Waals surface area (Å²) in [6.45, 7) is 6.78. The minimum Gasteiger partial charge on any atom is -0.464 e. The molecule has 2 aromatic heterocycles. The molecule has 1 aliphatic heterocycles. The van der Waals surface area contributed by atoms with Crippen molar-refractivity contribution in [2.24, 2.45) is 0 Å². The maximum Gasteiger partial charge on any atom is 0.358 e. The summed E-state index contributed by atoms with van der Waals surface area (Å²) in [7, 11) is 1.30. The molecule has 0 saturated carbocycles. The van der Waals surface area contributed by atoms with Gasteiger partial charge in [-0.15, -0.1) is 0 Å². The second-order valence-electron chi connectivity index (χ2n) is 10.0. The number of halogens is 1. The zero-order valence-electron chi connectivity index (χ0n) is 21.3. The van der Waals surface area contributed by atoms with Gasteiger partial charge in [0.1, 0.15) is 11.0 Å². The summed E-state index contributed by atoms with van der Waals surface area (Å²) in [6, 6.07) is 17.3. The second kappa shape index (κ2) is 9.63. The smallest absolute Gasteiger partial charge is 0.358 e. The first-order valence-corrected chi connectivity index (χ1v) is 12.7. The van der Waals surface area contributed by atoms with Crippen LogP contribution >= 0.6 is 11.6 Å². The molecule has 190 valence electrons. The minimum atomic E-state index is -0.586. The fourth-order valence-electron chi connectivity index (χ4n) is 5.30. The standard InChI is InChI=1S/C29H29ClN4O3/c1-17-14-20(18(2)31-22-10-11-23(30)32-25(22)27(36)37-4)24-21(15-17)26(35)34-13-12-29(3,28(34)33-24)16-19-8-6-5-7-9-19/h5-11,14-15,18,31H,12-13,16H2,1-4H3/t18-,29-/m1/s1. The van der Waals surface area contributed by atoms with Crippen LogP contribution in [0.2, 0.25) is 5.15 Å². The lowest BCUT2D eigenvalue weighted by Crippen LogP contribution is -2.28. The molecule has 0 bridgehead atoms. The molecule has 8 heteroatoms. The molecule has 1 aliphatic rings. The van der Waals surface area contributed by atoms with E-state index in [1.807, 2.05) is 48.7 Å². The van der Waals surface area contributed by atoms with E-state index in [4.69, 9.17) is 21.3 Å². The second-order valence-corrected chi connectivity index (χ2v) is 10.4. The summed E-state index contributed by atoms with van der Waals surface area (Å²) in [5.41, 5.74) is 4.04. The number of nitrogens with one attached hydrogen (secondary N) is 1. The number of hydrogen-bond acceptors (Lipinski definition) is 6. The van der Waals surface area contributed by atoms with Crippen LogP contribution in [0, 0.1) is 6.92 Å². The number of benzene rings is 2. The molecule has 2 aromatic carbocycles. The highest BCUT2D eigenvalue weighted by Gasteiger charge is 2.38. The Morgan fingerprint density at radius 2 is 1.95 bits per heavy atom. The van der Waals surface area contributed by atoms with Crippen molar-refractivity contribution in [3.8, 4) is 0 Å². The predicted octanol–water partition coefficient (Wildman–Crippen LogP) is 5.62. The lowest BCUT2D eigenvalue weighted by Gasteiger charge is -2.25. The van der Waals surface area contributed by atoms with Crippen molar-refractivity contribution >= 4 is 34.2 Å². The van der Waals surface area contributed by atoms with E-state index < -0.39 is 5.97 Å². The number of esters is 1. The molecule has 1 N–H and O–H groups in total. The molecular weight excluding hydrogens is 488 g/mol. The van der Waals surface area contributed by atoms with Gasteiger partial charge in [-0.1, -0.05) is 54.9 Å². The van der Waals surface area contributed by atoms with Gasteiger partial charge in [0.15, 0.2) is 5.69 Å². The van der Waals surface area contributed by atoms with Gasteiger partial charge in [-0.2, -0.15) is 0 Å². The Hall–Kier alpha value is -3.71. The van der Waals surface area contributed by atoms with E-state index in [2.05, 4.69) is 29.4 Å². The van der Waals surface area contributed by atoms with Crippen molar-refractivity contribution in [1.29, 1.82) is 0 Å². The monoisotopic (exact) mass is 516 g/mol. The van der Waals surface area contributed by atoms with Gasteiger partial charge in [-0.3, -0.25) is 9.36 Å². The number of hydrogen-bond donors (Lipinski definition) is 1. The SMILES string of the molecule is COC(=O)c1nc(Cl)ccc1N[C@H](C)c1cc(C)cc2c(=O)n3c(nc12)[C@@](C)(Cc1ccccc1)CC3. The number of anilines is 1. The van der Waals surface area contributed by atoms with Crippen LogP contribution in [0.15, 0.2) is 59.4 Å². The van der Waals surface area contributed by atoms with E-state index in [0.717, 1.165) is 29.8 Å². The van der Waals surface area contributed by atoms with Crippen molar-refractivity contribution in [1.82, 2.24) is 14.5 Å². The van der Waals surface area contributed by atoms with E-state index in [1.54, 1.807) is 12.1 Å². The average molecular weight is 517 g/mol. The van der Waals surface area contributed by atoms with Crippen LogP contribution in [-0.4, -0.2) is 27.6 Å². The molecule has 0 unspecified atom stereocenters. The van der Waals surface area contributed by atoms with Crippen molar-refractivity contribution in [3.05, 3.63) is 98.3 Å². The number of methoxy groups -OCH3 is 1. The number of rotatable bonds is 6. The summed E-state index contributed by atoms with van der Waals surface area (Å²) < 4.78 is 6.73. The third-order valence-electron chi connectivity index (χ3n) is 7.18. The Balaban J connectivity index is 1.61. The minimum absolute atomic E-state index is 0.0163. The first-order chi connectivity index (χ1) is 17.7. The molecule has 0 amide bonds. The van der Waals surface area contributed by atoms with E-state index in [-0.39, 0.29) is 27.9 Å². The van der Waals surface area contributed by atoms with Gasteiger partial charge in [0.2, 0.25) is 0 Å². The third-order valence-corrected chi connectivity index (χ3v) is 7.39. The summed E-state index contributed by atoms with van der Waals surface area (Å²) in [5, 5.41) is 4.16. The molecule has 5 rings (SSSR count). The Morgan fingerprint density at radius 1 is 1.19 bits per heavy atom. The van der Waals surface area contributed by atoms with E-state index in [1.165, 1.54) is 12.7 Å². The number of aryl methyl sites for hydroxylation is 1. The topological polar surface area (TPSA) is 86.1 Å². The van der Waals surface area contributed by atoms with Crippen LogP contribution in [-0.2, 0) is 23.1 Å². The molecule has 0 aliphatic carbocycles. The van der Waals surface area contributed by atoms with Crippen LogP contribution in [0.4, 0.5) is 5.69 Å². The molecule has 0 fully saturated rings. The zero-order chi connectivity index (χ0) is 26.3. The highest BCUT2D eigenvalue weighted by atomic mass is 35.5. The van der Waals surface area contributed by atoms with E-state index >= 15 is 0 Å². The normalized spacial score (nSPS) is 17.4. The maximum atomic E-state index is 13.7. The molecule has 3 heterocycles. The lowest BCUT2D eigenvalue weighted by molar-refractivity contribution is 0.0595. The van der Waals surface area contributed by atoms with Gasteiger partial charge in [0, 0.05) is 17.5 Å². The summed E-state index contributed by atoms with van der Waals surface area (Å²) in [5.74, 6) is 0.228. The number of nitrogens with zero attached hydrogens (tertiary/aromatic N) is 3. The fourth-order valence-corrected chi connectivity index (χ4v) is 5.45. The van der Waals surface area contributed by atoms with Crippen molar-refractivity contribution < 1.29 is 9.53 Å². The molecule has 4 aromatic rings. The maximum absolute atomic E-state index is 13.7. The predicted molar refractivity (Wildman–Crippen MR) is 145 cm³/mol. The van der Waals surface area contributed by atoms with Crippen LogP contribution < -0.4 is 10.9 Å². The van der Waals surface area contributed by atoms with E-state index in [9.17, 15) is 9.59 Å². The lowest BCUT2D eigenvalue weighted by atomic mass is 9.81. The van der Waals surface area contributed by atoms with Gasteiger partial charge in [-0.05, 0) is 56.0 Å². The summed E-state index contributed by atoms with van der Waals surface area (Å²) in [6.07, 6.45) is 1.65. The number of carbonyl (C=O) groups excluding carboxylic acids is 1. The average Bonchev–Trinajstić information content (AvgIpc) is 3.21. The molecule has 0 saturated heterocycles. The highest BCUT2D eigenvalue weighted by Crippen LogP contribution is 2.37. The first kappa shape index (κ1) is 25.0. The Morgan fingerprint density at radius 3 is 2.68 bits per heavy atom. The first-order valence-electron chi connectivity index (χ1n) is 12.3. The molecular formula is C29H29ClN4O3. The number of carbonyl (C=O) groups is 1. The van der Waals surface area contributed by atoms with Gasteiger partial charge in [-0.25, -0.2) is 14.8 Å². The highest BCUT2D eigenvalue weighted by molar-refractivity contribution is 6.29. The molecule has 2 atom stereocenters. The fraction of sp³-hybridized carbons (Fsp3) is 0.310. The van der Waals surface area contributed by atoms with Crippen LogP contribution in [0.5, 0.6) is 0 Å². The number of pyridine rings is 1. The van der Waals surface area contributed by atoms with Gasteiger partial charge >= 0.3 is 5.97 Å². The number of fused-ring (bicyclic) bond motifs is 2. The molecule has 0 radical (unpaired) electrons. The molecule has 7 nitrogen and oxygen atoms in total. The molecule has 0 spiro atoms. The third kappa shape index (κ3) is 4.60. The Labute approximate surface area is 220 Å². The van der Waals surface area contributed by atoms with Gasteiger partial charge in [0.25, 0.3) is 5.56 Å². The van der Waals surface area contributed by atoms with E-state index in [0.29, 0.717) is 23.1 Å². The van der Waals surface area contributed by atoms with Crippen molar-refractivity contribution in [3.63, 3.8) is 0 Å². The van der Waals surface area contributed by atoms with Crippen molar-refractivity contribution in [2.75, 3.05) is 12.4 Å². The molecule has 37 heavy (non-hydrogen) atoms. The zero-order valence-corrected chi connectivity index (χ0v) is 22.1.